The van der Waals surface area contributed by atoms with Crippen molar-refractivity contribution in [3.63, 3.8) is 0 Å². The first-order chi connectivity index (χ1) is 11.1. The van der Waals surface area contributed by atoms with Gasteiger partial charge in [0.2, 0.25) is 11.4 Å². The fourth-order valence-electron chi connectivity index (χ4n) is 3.20. The van der Waals surface area contributed by atoms with Gasteiger partial charge in [-0.1, -0.05) is 0 Å². The van der Waals surface area contributed by atoms with E-state index in [0.29, 0.717) is 11.5 Å². The molecule has 1 amide bonds. The van der Waals surface area contributed by atoms with E-state index < -0.39 is 45.3 Å². The zero-order chi connectivity index (χ0) is 18.3. The smallest absolute Gasteiger partial charge is 0.339 e. The Morgan fingerprint density at radius 2 is 1.83 bits per heavy atom. The summed E-state index contributed by atoms with van der Waals surface area (Å²) in [4.78, 5) is 48.5. The maximum Gasteiger partial charge on any atom is 0.339 e. The SMILES string of the molecule is CC1(C)S[C@@H]2[C@H](N)C(=O)N2[C@]1(C(=O)O)C(=O)CCSCCC(=O)O. The Morgan fingerprint density at radius 1 is 1.25 bits per heavy atom. The van der Waals surface area contributed by atoms with Crippen LogP contribution in [0.5, 0.6) is 0 Å². The summed E-state index contributed by atoms with van der Waals surface area (Å²) >= 11 is 2.51. The lowest BCUT2D eigenvalue weighted by atomic mass is 9.76. The van der Waals surface area contributed by atoms with Gasteiger partial charge in [-0.2, -0.15) is 11.8 Å². The van der Waals surface area contributed by atoms with Crippen molar-refractivity contribution in [1.82, 2.24) is 4.90 Å². The number of carbonyl (C=O) groups is 4. The number of hydrogen-bond donors (Lipinski definition) is 3. The molecule has 0 aromatic carbocycles. The third kappa shape index (κ3) is 2.70. The van der Waals surface area contributed by atoms with Crippen LogP contribution in [0.15, 0.2) is 0 Å². The van der Waals surface area contributed by atoms with E-state index in [9.17, 15) is 24.3 Å². The van der Waals surface area contributed by atoms with Crippen LogP contribution in [-0.4, -0.2) is 71.9 Å². The highest BCUT2D eigenvalue weighted by atomic mass is 32.2. The zero-order valence-electron chi connectivity index (χ0n) is 13.4. The molecule has 24 heavy (non-hydrogen) atoms. The van der Waals surface area contributed by atoms with Gasteiger partial charge in [0.25, 0.3) is 0 Å². The van der Waals surface area contributed by atoms with E-state index in [2.05, 4.69) is 0 Å². The van der Waals surface area contributed by atoms with E-state index >= 15 is 0 Å². The van der Waals surface area contributed by atoms with Crippen LogP contribution in [0.1, 0.15) is 26.7 Å². The Bertz CT molecular complexity index is 596. The molecular formula is C14H20N2O6S2. The number of carboxylic acid groups (broad SMARTS) is 2. The van der Waals surface area contributed by atoms with E-state index in [4.69, 9.17) is 10.8 Å². The Kier molecular flexibility index (Phi) is 5.22. The van der Waals surface area contributed by atoms with Crippen molar-refractivity contribution >= 4 is 47.2 Å². The van der Waals surface area contributed by atoms with Crippen molar-refractivity contribution in [2.24, 2.45) is 5.73 Å². The largest absolute Gasteiger partial charge is 0.481 e. The van der Waals surface area contributed by atoms with E-state index in [-0.39, 0.29) is 12.8 Å². The quantitative estimate of drug-likeness (QED) is 0.303. The minimum Gasteiger partial charge on any atom is -0.481 e. The van der Waals surface area contributed by atoms with Gasteiger partial charge in [-0.3, -0.25) is 14.4 Å². The standard InChI is InChI=1S/C14H20N2O6S2/c1-13(2)14(12(21)22,16-10(20)9(15)11(16)24-13)7(17)3-5-23-6-4-8(18)19/h9,11H,3-6,15H2,1-2H3,(H,18,19)(H,21,22)/t9-,11-,14+/m1/s1. The molecule has 0 saturated carbocycles. The summed E-state index contributed by atoms with van der Waals surface area (Å²) in [5, 5.41) is 17.9. The molecule has 2 rings (SSSR count). The summed E-state index contributed by atoms with van der Waals surface area (Å²) in [7, 11) is 0. The lowest BCUT2D eigenvalue weighted by Gasteiger charge is -2.47. The van der Waals surface area contributed by atoms with Gasteiger partial charge in [0.1, 0.15) is 11.4 Å². The van der Waals surface area contributed by atoms with Crippen molar-refractivity contribution < 1.29 is 29.4 Å². The zero-order valence-corrected chi connectivity index (χ0v) is 15.0. The van der Waals surface area contributed by atoms with E-state index in [1.54, 1.807) is 13.8 Å². The average molecular weight is 376 g/mol. The van der Waals surface area contributed by atoms with Gasteiger partial charge in [-0.15, -0.1) is 11.8 Å². The molecule has 2 aliphatic rings. The number of fused-ring (bicyclic) bond motifs is 1. The van der Waals surface area contributed by atoms with E-state index in [0.717, 1.165) is 4.90 Å². The summed E-state index contributed by atoms with van der Waals surface area (Å²) in [6, 6.07) is -0.784. The number of thioether (sulfide) groups is 2. The number of ketones is 1. The molecule has 2 heterocycles. The predicted octanol–water partition coefficient (Wildman–Crippen LogP) is -0.00210. The molecule has 4 N–H and O–H groups in total. The number of carboxylic acids is 2. The first-order valence-electron chi connectivity index (χ1n) is 7.40. The van der Waals surface area contributed by atoms with Gasteiger partial charge in [-0.25, -0.2) is 4.79 Å². The van der Waals surface area contributed by atoms with Crippen LogP contribution in [0.3, 0.4) is 0 Å². The Morgan fingerprint density at radius 3 is 2.38 bits per heavy atom. The van der Waals surface area contributed by atoms with E-state index in [1.165, 1.54) is 23.5 Å². The van der Waals surface area contributed by atoms with Crippen molar-refractivity contribution in [3.8, 4) is 0 Å². The molecule has 3 atom stereocenters. The van der Waals surface area contributed by atoms with Crippen LogP contribution in [0, 0.1) is 0 Å². The molecule has 0 unspecified atom stereocenters. The Balaban J connectivity index is 2.15. The molecule has 10 heteroatoms. The number of carbonyl (C=O) groups excluding carboxylic acids is 2. The average Bonchev–Trinajstić information content (AvgIpc) is 2.71. The van der Waals surface area contributed by atoms with Crippen LogP contribution >= 0.6 is 23.5 Å². The van der Waals surface area contributed by atoms with E-state index in [1.807, 2.05) is 0 Å². The number of rotatable bonds is 8. The third-order valence-electron chi connectivity index (χ3n) is 4.38. The summed E-state index contributed by atoms with van der Waals surface area (Å²) < 4.78 is -1.00. The molecular weight excluding hydrogens is 356 g/mol. The van der Waals surface area contributed by atoms with Crippen molar-refractivity contribution in [3.05, 3.63) is 0 Å². The number of nitrogens with zero attached hydrogens (tertiary/aromatic N) is 1. The molecule has 2 aliphatic heterocycles. The molecule has 0 radical (unpaired) electrons. The third-order valence-corrected chi connectivity index (χ3v) is 6.99. The van der Waals surface area contributed by atoms with Gasteiger partial charge in [0, 0.05) is 17.9 Å². The van der Waals surface area contributed by atoms with Gasteiger partial charge >= 0.3 is 11.9 Å². The predicted molar refractivity (Wildman–Crippen MR) is 89.8 cm³/mol. The summed E-state index contributed by atoms with van der Waals surface area (Å²) in [5.41, 5.74) is 3.81. The Hall–Kier alpha value is -1.26. The summed E-state index contributed by atoms with van der Waals surface area (Å²) in [6.45, 7) is 3.28. The van der Waals surface area contributed by atoms with Crippen LogP contribution < -0.4 is 5.73 Å². The summed E-state index contributed by atoms with van der Waals surface area (Å²) in [5.74, 6) is -2.68. The maximum atomic E-state index is 12.8. The Labute approximate surface area is 147 Å². The van der Waals surface area contributed by atoms with Crippen molar-refractivity contribution in [2.45, 2.75) is 48.4 Å². The van der Waals surface area contributed by atoms with Crippen molar-refractivity contribution in [1.29, 1.82) is 0 Å². The highest BCUT2D eigenvalue weighted by Gasteiger charge is 2.74. The van der Waals surface area contributed by atoms with Crippen LogP contribution in [0.2, 0.25) is 0 Å². The molecule has 0 aliphatic carbocycles. The molecule has 134 valence electrons. The number of β-lactam (4-membered cyclic amide) rings is 1. The number of hydrogen-bond acceptors (Lipinski definition) is 7. The fourth-order valence-corrected chi connectivity index (χ4v) is 5.76. The normalized spacial score (nSPS) is 30.6. The van der Waals surface area contributed by atoms with Crippen LogP contribution in [-0.2, 0) is 19.2 Å². The molecule has 0 aromatic rings. The minimum atomic E-state index is -1.93. The van der Waals surface area contributed by atoms with Gasteiger partial charge in [-0.05, 0) is 13.8 Å². The molecule has 0 spiro atoms. The van der Waals surface area contributed by atoms with Gasteiger partial charge in [0.15, 0.2) is 5.78 Å². The molecule has 2 fully saturated rings. The first kappa shape index (κ1) is 19.1. The van der Waals surface area contributed by atoms with Crippen LogP contribution in [0.4, 0.5) is 0 Å². The van der Waals surface area contributed by atoms with Gasteiger partial charge in [0.05, 0.1) is 11.2 Å². The minimum absolute atomic E-state index is 0.0220. The molecule has 0 bridgehead atoms. The van der Waals surface area contributed by atoms with Gasteiger partial charge < -0.3 is 20.8 Å². The summed E-state index contributed by atoms with van der Waals surface area (Å²) in [6.07, 6.45) is -0.0713. The number of aliphatic carboxylic acids is 2. The topological polar surface area (TPSA) is 138 Å². The molecule has 8 nitrogen and oxygen atoms in total. The second kappa shape index (κ2) is 6.57. The molecule has 2 saturated heterocycles. The van der Waals surface area contributed by atoms with Crippen molar-refractivity contribution in [2.75, 3.05) is 11.5 Å². The second-order valence-electron chi connectivity index (χ2n) is 6.20. The highest BCUT2D eigenvalue weighted by molar-refractivity contribution is 8.01. The second-order valence-corrected chi connectivity index (χ2v) is 9.16. The van der Waals surface area contributed by atoms with Crippen LogP contribution in [0.25, 0.3) is 0 Å². The maximum absolute atomic E-state index is 12.8. The monoisotopic (exact) mass is 376 g/mol. The lowest BCUT2D eigenvalue weighted by Crippen LogP contribution is -2.77. The first-order valence-corrected chi connectivity index (χ1v) is 9.43. The number of Topliss-reactive ketones (excluding diaryl/α,β-unsaturated/α-hetero) is 1. The highest BCUT2D eigenvalue weighted by Crippen LogP contribution is 2.57. The molecule has 0 aromatic heterocycles. The number of amides is 1. The number of nitrogens with two attached hydrogens (primary N) is 1. The fraction of sp³-hybridized carbons (Fsp3) is 0.714. The lowest BCUT2D eigenvalue weighted by molar-refractivity contribution is -0.174.